The minimum atomic E-state index is -0.450. The number of benzene rings is 1. The molecule has 5 aromatic rings. The molecule has 0 aliphatic heterocycles. The summed E-state index contributed by atoms with van der Waals surface area (Å²) in [7, 11) is 0. The molecule has 1 aromatic carbocycles. The highest BCUT2D eigenvalue weighted by atomic mass is 35.5. The molecule has 1 N–H and O–H groups in total. The van der Waals surface area contributed by atoms with Gasteiger partial charge in [-0.1, -0.05) is 11.6 Å². The fourth-order valence-corrected chi connectivity index (χ4v) is 3.81. The van der Waals surface area contributed by atoms with E-state index in [1.54, 1.807) is 23.3 Å². The Balaban J connectivity index is 1.26. The molecule has 0 spiro atoms. The van der Waals surface area contributed by atoms with Gasteiger partial charge in [-0.25, -0.2) is 18.7 Å². The number of halogens is 2. The van der Waals surface area contributed by atoms with E-state index in [4.69, 9.17) is 20.8 Å². The second-order valence-corrected chi connectivity index (χ2v) is 7.85. The lowest BCUT2D eigenvalue weighted by molar-refractivity contribution is -0.116. The second kappa shape index (κ2) is 8.99. The third-order valence-corrected chi connectivity index (χ3v) is 5.35. The van der Waals surface area contributed by atoms with Gasteiger partial charge in [-0.2, -0.15) is 10.2 Å². The molecule has 0 atom stereocenters. The number of hydrogen-bond acceptors (Lipinski definition) is 6. The highest BCUT2D eigenvalue weighted by Gasteiger charge is 2.17. The van der Waals surface area contributed by atoms with E-state index in [1.807, 2.05) is 25.1 Å². The molecule has 0 bridgehead atoms. The van der Waals surface area contributed by atoms with Crippen molar-refractivity contribution in [3.63, 3.8) is 0 Å². The number of pyridine rings is 1. The molecule has 0 fully saturated rings. The van der Waals surface area contributed by atoms with Crippen LogP contribution in [0.5, 0.6) is 5.75 Å². The van der Waals surface area contributed by atoms with Crippen LogP contribution in [-0.2, 0) is 18.1 Å². The lowest BCUT2D eigenvalue weighted by atomic mass is 10.1. The molecule has 0 aliphatic rings. The minimum absolute atomic E-state index is 0.0314. The van der Waals surface area contributed by atoms with Crippen LogP contribution >= 0.6 is 11.6 Å². The number of amides is 1. The fourth-order valence-electron chi connectivity index (χ4n) is 3.59. The number of aryl methyl sites for hydroxylation is 1. The molecule has 9 nitrogen and oxygen atoms in total. The molecule has 0 unspecified atom stereocenters. The van der Waals surface area contributed by atoms with Crippen LogP contribution in [0.25, 0.3) is 22.4 Å². The normalized spacial score (nSPS) is 11.1. The largest absolute Gasteiger partial charge is 0.470 e. The summed E-state index contributed by atoms with van der Waals surface area (Å²) in [5.74, 6) is 0.285. The molecule has 0 saturated carbocycles. The van der Waals surface area contributed by atoms with Crippen molar-refractivity contribution < 1.29 is 18.3 Å². The maximum atomic E-state index is 13.2. The smallest absolute Gasteiger partial charge is 0.246 e. The monoisotopic (exact) mass is 480 g/mol. The van der Waals surface area contributed by atoms with Gasteiger partial charge in [-0.05, 0) is 43.3 Å². The molecular formula is C23H18ClFN6O3. The van der Waals surface area contributed by atoms with Crippen molar-refractivity contribution in [2.24, 2.45) is 0 Å². The Morgan fingerprint density at radius 1 is 1.29 bits per heavy atom. The van der Waals surface area contributed by atoms with Crippen LogP contribution < -0.4 is 10.1 Å². The van der Waals surface area contributed by atoms with Crippen LogP contribution in [0.2, 0.25) is 5.02 Å². The SMILES string of the molecule is Cc1nn(CC(=O)Nc2cnn(COc3ccc(F)cc3Cl)c2)c2nccc(-c3ccco3)c12. The maximum Gasteiger partial charge on any atom is 0.246 e. The van der Waals surface area contributed by atoms with E-state index in [-0.39, 0.29) is 24.2 Å². The van der Waals surface area contributed by atoms with E-state index >= 15 is 0 Å². The number of nitrogens with zero attached hydrogens (tertiary/aromatic N) is 5. The minimum Gasteiger partial charge on any atom is -0.470 e. The predicted molar refractivity (Wildman–Crippen MR) is 123 cm³/mol. The third kappa shape index (κ3) is 4.35. The van der Waals surface area contributed by atoms with Crippen molar-refractivity contribution in [2.75, 3.05) is 5.32 Å². The first-order chi connectivity index (χ1) is 16.5. The van der Waals surface area contributed by atoms with Crippen molar-refractivity contribution in [3.05, 3.63) is 77.8 Å². The molecule has 0 saturated heterocycles. The molecule has 4 heterocycles. The fraction of sp³-hybridized carbons (Fsp3) is 0.130. The molecule has 11 heteroatoms. The number of furan rings is 1. The Morgan fingerprint density at radius 3 is 2.97 bits per heavy atom. The van der Waals surface area contributed by atoms with Crippen molar-refractivity contribution in [1.29, 1.82) is 0 Å². The standard InChI is InChI=1S/C23H18ClFN6O3/c1-14-22-17(19-3-2-8-33-19)6-7-26-23(22)31(29-14)12-21(32)28-16-10-27-30(11-16)13-34-20-5-4-15(25)9-18(20)24/h2-11H,12-13H2,1H3,(H,28,32). The average Bonchev–Trinajstić information content (AvgIpc) is 3.55. The van der Waals surface area contributed by atoms with Gasteiger partial charge in [0.2, 0.25) is 5.91 Å². The van der Waals surface area contributed by atoms with Gasteiger partial charge in [-0.15, -0.1) is 0 Å². The van der Waals surface area contributed by atoms with Crippen molar-refractivity contribution in [2.45, 2.75) is 20.2 Å². The molecule has 0 radical (unpaired) electrons. The van der Waals surface area contributed by atoms with E-state index < -0.39 is 5.82 Å². The summed E-state index contributed by atoms with van der Waals surface area (Å²) in [5, 5.41) is 12.4. The number of nitrogens with one attached hydrogen (secondary N) is 1. The van der Waals surface area contributed by atoms with Crippen LogP contribution in [0.3, 0.4) is 0 Å². The number of rotatable bonds is 7. The zero-order valence-electron chi connectivity index (χ0n) is 17.9. The van der Waals surface area contributed by atoms with E-state index in [2.05, 4.69) is 20.5 Å². The number of carbonyl (C=O) groups is 1. The van der Waals surface area contributed by atoms with Gasteiger partial charge in [-0.3, -0.25) is 4.79 Å². The topological polar surface area (TPSA) is 100 Å². The van der Waals surface area contributed by atoms with Crippen LogP contribution in [-0.4, -0.2) is 30.5 Å². The summed E-state index contributed by atoms with van der Waals surface area (Å²) in [5.41, 5.74) is 2.67. The van der Waals surface area contributed by atoms with E-state index in [0.29, 0.717) is 22.8 Å². The number of carbonyl (C=O) groups excluding carboxylic acids is 1. The zero-order chi connectivity index (χ0) is 23.7. The summed E-state index contributed by atoms with van der Waals surface area (Å²) < 4.78 is 27.2. The van der Waals surface area contributed by atoms with Gasteiger partial charge in [0.15, 0.2) is 12.4 Å². The molecule has 4 aromatic heterocycles. The van der Waals surface area contributed by atoms with Crippen LogP contribution in [0.15, 0.2) is 65.7 Å². The highest BCUT2D eigenvalue weighted by Crippen LogP contribution is 2.30. The molecule has 1 amide bonds. The Bertz CT molecular complexity index is 1480. The first kappa shape index (κ1) is 21.7. The third-order valence-electron chi connectivity index (χ3n) is 5.05. The predicted octanol–water partition coefficient (Wildman–Crippen LogP) is 4.66. The second-order valence-electron chi connectivity index (χ2n) is 7.44. The Kier molecular flexibility index (Phi) is 5.72. The summed E-state index contributed by atoms with van der Waals surface area (Å²) in [6.45, 7) is 1.86. The molecule has 0 aliphatic carbocycles. The highest BCUT2D eigenvalue weighted by molar-refractivity contribution is 6.32. The number of fused-ring (bicyclic) bond motifs is 1. The lowest BCUT2D eigenvalue weighted by Crippen LogP contribution is -2.19. The van der Waals surface area contributed by atoms with E-state index in [1.165, 1.54) is 29.1 Å². The quantitative estimate of drug-likeness (QED) is 0.363. The molecular weight excluding hydrogens is 463 g/mol. The van der Waals surface area contributed by atoms with Crippen LogP contribution in [0, 0.1) is 12.7 Å². The van der Waals surface area contributed by atoms with Crippen molar-refractivity contribution >= 4 is 34.2 Å². The Hall–Kier alpha value is -4.18. The van der Waals surface area contributed by atoms with Crippen LogP contribution in [0.4, 0.5) is 10.1 Å². The number of aromatic nitrogens is 5. The summed E-state index contributed by atoms with van der Waals surface area (Å²) in [6.07, 6.45) is 6.36. The van der Waals surface area contributed by atoms with Gasteiger partial charge < -0.3 is 14.5 Å². The number of ether oxygens (including phenoxy) is 1. The summed E-state index contributed by atoms with van der Waals surface area (Å²) >= 11 is 5.96. The number of hydrogen-bond donors (Lipinski definition) is 1. The molecule has 5 rings (SSSR count). The number of anilines is 1. The van der Waals surface area contributed by atoms with Gasteiger partial charge in [0.05, 0.1) is 40.4 Å². The van der Waals surface area contributed by atoms with E-state index in [9.17, 15) is 9.18 Å². The maximum absolute atomic E-state index is 13.2. The van der Waals surface area contributed by atoms with Crippen molar-refractivity contribution in [3.8, 4) is 17.1 Å². The van der Waals surface area contributed by atoms with E-state index in [0.717, 1.165) is 16.6 Å². The lowest BCUT2D eigenvalue weighted by Gasteiger charge is -2.07. The average molecular weight is 481 g/mol. The first-order valence-corrected chi connectivity index (χ1v) is 10.6. The molecule has 172 valence electrons. The Morgan fingerprint density at radius 2 is 2.18 bits per heavy atom. The van der Waals surface area contributed by atoms with Crippen molar-refractivity contribution in [1.82, 2.24) is 24.5 Å². The zero-order valence-corrected chi connectivity index (χ0v) is 18.7. The molecule has 34 heavy (non-hydrogen) atoms. The summed E-state index contributed by atoms with van der Waals surface area (Å²) in [4.78, 5) is 17.1. The van der Waals surface area contributed by atoms with Gasteiger partial charge in [0.25, 0.3) is 0 Å². The van der Waals surface area contributed by atoms with Gasteiger partial charge in [0, 0.05) is 11.8 Å². The van der Waals surface area contributed by atoms with Gasteiger partial charge in [0.1, 0.15) is 23.9 Å². The van der Waals surface area contributed by atoms with Crippen LogP contribution in [0.1, 0.15) is 5.69 Å². The Labute approximate surface area is 197 Å². The first-order valence-electron chi connectivity index (χ1n) is 10.2. The summed E-state index contributed by atoms with van der Waals surface area (Å²) in [6, 6.07) is 9.39. The van der Waals surface area contributed by atoms with Gasteiger partial charge >= 0.3 is 0 Å².